The van der Waals surface area contributed by atoms with Crippen LogP contribution in [0.15, 0.2) is 42.5 Å². The minimum atomic E-state index is -0.164. The molecule has 3 nitrogen and oxygen atoms in total. The van der Waals surface area contributed by atoms with E-state index in [2.05, 4.69) is 24.3 Å². The van der Waals surface area contributed by atoms with E-state index in [1.54, 1.807) is 12.1 Å². The molecule has 3 atom stereocenters. The molecule has 140 valence electrons. The van der Waals surface area contributed by atoms with Crippen LogP contribution in [0.5, 0.6) is 5.75 Å². The minimum Gasteiger partial charge on any atom is -0.490 e. The van der Waals surface area contributed by atoms with E-state index in [0.717, 1.165) is 49.1 Å². The van der Waals surface area contributed by atoms with Gasteiger partial charge in [0.05, 0.1) is 6.04 Å². The zero-order valence-corrected chi connectivity index (χ0v) is 15.8. The third kappa shape index (κ3) is 3.73. The number of rotatable bonds is 3. The summed E-state index contributed by atoms with van der Waals surface area (Å²) >= 11 is 0. The van der Waals surface area contributed by atoms with Crippen LogP contribution < -0.4 is 10.6 Å². The molecule has 2 aromatic rings. The Morgan fingerprint density at radius 2 is 2.00 bits per heavy atom. The molecular weight excluding hydrogens is 351 g/mol. The second-order valence-electron chi connectivity index (χ2n) is 7.39. The van der Waals surface area contributed by atoms with Crippen LogP contribution in [0.3, 0.4) is 0 Å². The molecule has 4 rings (SSSR count). The lowest BCUT2D eigenvalue weighted by Gasteiger charge is -2.39. The lowest BCUT2D eigenvalue weighted by atomic mass is 9.81. The Morgan fingerprint density at radius 3 is 2.77 bits per heavy atom. The average Bonchev–Trinajstić information content (AvgIpc) is 2.96. The highest BCUT2D eigenvalue weighted by Gasteiger charge is 2.33. The van der Waals surface area contributed by atoms with Crippen molar-refractivity contribution in [2.24, 2.45) is 11.8 Å². The number of halogens is 2. The molecule has 26 heavy (non-hydrogen) atoms. The van der Waals surface area contributed by atoms with E-state index < -0.39 is 0 Å². The summed E-state index contributed by atoms with van der Waals surface area (Å²) in [6.07, 6.45) is 3.86. The smallest absolute Gasteiger partial charge is 0.126 e. The highest BCUT2D eigenvalue weighted by atomic mass is 35.5. The summed E-state index contributed by atoms with van der Waals surface area (Å²) in [5.74, 6) is 7.44. The first-order chi connectivity index (χ1) is 12.1. The Bertz CT molecular complexity index is 755. The van der Waals surface area contributed by atoms with Crippen LogP contribution in [0.2, 0.25) is 0 Å². The van der Waals surface area contributed by atoms with Crippen LogP contribution >= 0.6 is 12.4 Å². The molecule has 1 saturated heterocycles. The zero-order valence-electron chi connectivity index (χ0n) is 15.0. The fraction of sp³-hybridized carbons (Fsp3) is 0.429. The van der Waals surface area contributed by atoms with Crippen LogP contribution in [0, 0.1) is 11.7 Å². The molecule has 2 aliphatic heterocycles. The van der Waals surface area contributed by atoms with E-state index in [1.807, 2.05) is 18.0 Å². The summed E-state index contributed by atoms with van der Waals surface area (Å²) in [6, 6.07) is 13.8. The summed E-state index contributed by atoms with van der Waals surface area (Å²) in [5, 5.41) is 1.95. The Kier molecular flexibility index (Phi) is 5.86. The van der Waals surface area contributed by atoms with Gasteiger partial charge in [-0.15, -0.1) is 12.4 Å². The monoisotopic (exact) mass is 376 g/mol. The maximum atomic E-state index is 14.1. The van der Waals surface area contributed by atoms with Crippen molar-refractivity contribution in [3.8, 4) is 5.75 Å². The van der Waals surface area contributed by atoms with Gasteiger partial charge in [0.2, 0.25) is 0 Å². The summed E-state index contributed by atoms with van der Waals surface area (Å²) in [4.78, 5) is 0. The highest BCUT2D eigenvalue weighted by Crippen LogP contribution is 2.40. The zero-order chi connectivity index (χ0) is 17.4. The molecule has 2 N–H and O–H groups in total. The first-order valence-corrected chi connectivity index (χ1v) is 9.16. The second kappa shape index (κ2) is 7.95. The number of hydrazine groups is 1. The molecule has 1 fully saturated rings. The molecular formula is C21H26ClFN2O. The van der Waals surface area contributed by atoms with Crippen molar-refractivity contribution >= 4 is 12.4 Å². The van der Waals surface area contributed by atoms with Gasteiger partial charge in [-0.05, 0) is 55.4 Å². The number of nitrogens with two attached hydrogens (primary N) is 1. The third-order valence-electron chi connectivity index (χ3n) is 5.45. The van der Waals surface area contributed by atoms with E-state index in [9.17, 15) is 4.39 Å². The third-order valence-corrected chi connectivity index (χ3v) is 5.45. The first kappa shape index (κ1) is 19.2. The van der Waals surface area contributed by atoms with Crippen molar-refractivity contribution in [3.63, 3.8) is 0 Å². The van der Waals surface area contributed by atoms with Gasteiger partial charge in [0.1, 0.15) is 17.7 Å². The Labute approximate surface area is 160 Å². The Balaban J connectivity index is 0.00000196. The van der Waals surface area contributed by atoms with Gasteiger partial charge in [-0.25, -0.2) is 9.40 Å². The molecule has 1 unspecified atom stereocenters. The minimum absolute atomic E-state index is 0. The predicted octanol–water partition coefficient (Wildman–Crippen LogP) is 4.44. The lowest BCUT2D eigenvalue weighted by Crippen LogP contribution is -2.44. The molecule has 5 heteroatoms. The summed E-state index contributed by atoms with van der Waals surface area (Å²) in [5.41, 5.74) is 3.22. The number of fused-ring (bicyclic) bond motifs is 1. The van der Waals surface area contributed by atoms with Gasteiger partial charge < -0.3 is 4.74 Å². The average molecular weight is 377 g/mol. The van der Waals surface area contributed by atoms with E-state index >= 15 is 0 Å². The molecule has 0 aliphatic carbocycles. The highest BCUT2D eigenvalue weighted by molar-refractivity contribution is 5.85. The topological polar surface area (TPSA) is 38.5 Å². The maximum absolute atomic E-state index is 14.1. The van der Waals surface area contributed by atoms with Gasteiger partial charge >= 0.3 is 0 Å². The van der Waals surface area contributed by atoms with Crippen molar-refractivity contribution in [2.75, 3.05) is 6.54 Å². The molecule has 0 aromatic heterocycles. The normalized spacial score (nSPS) is 25.3. The van der Waals surface area contributed by atoms with E-state index in [0.29, 0.717) is 5.92 Å². The number of nitrogens with zero attached hydrogens (tertiary/aromatic N) is 1. The van der Waals surface area contributed by atoms with Crippen molar-refractivity contribution in [3.05, 3.63) is 65.0 Å². The van der Waals surface area contributed by atoms with Gasteiger partial charge in [0.15, 0.2) is 0 Å². The lowest BCUT2D eigenvalue weighted by molar-refractivity contribution is 0.0920. The van der Waals surface area contributed by atoms with Crippen molar-refractivity contribution < 1.29 is 9.13 Å². The van der Waals surface area contributed by atoms with Gasteiger partial charge in [-0.1, -0.05) is 30.3 Å². The van der Waals surface area contributed by atoms with Gasteiger partial charge in [0.25, 0.3) is 0 Å². The molecule has 2 aromatic carbocycles. The quantitative estimate of drug-likeness (QED) is 0.805. The molecule has 2 aliphatic rings. The Morgan fingerprint density at radius 1 is 1.23 bits per heavy atom. The van der Waals surface area contributed by atoms with Crippen LogP contribution in [0.25, 0.3) is 0 Å². The summed E-state index contributed by atoms with van der Waals surface area (Å²) < 4.78 is 20.1. The molecule has 0 spiro atoms. The SMILES string of the molecule is CC1Cc2cc(F)cc(C[C@@H]3CCCN(N)[C@@H]3c3ccccc3)c2O1.Cl. The molecule has 0 bridgehead atoms. The molecule has 0 saturated carbocycles. The van der Waals surface area contributed by atoms with Crippen molar-refractivity contribution in [1.82, 2.24) is 5.01 Å². The van der Waals surface area contributed by atoms with E-state index in [1.165, 1.54) is 5.56 Å². The summed E-state index contributed by atoms with van der Waals surface area (Å²) in [7, 11) is 0. The number of hydrogen-bond acceptors (Lipinski definition) is 3. The van der Waals surface area contributed by atoms with Crippen LogP contribution in [0.1, 0.15) is 42.5 Å². The van der Waals surface area contributed by atoms with Crippen molar-refractivity contribution in [2.45, 2.75) is 44.8 Å². The molecule has 0 amide bonds. The van der Waals surface area contributed by atoms with Crippen LogP contribution in [0.4, 0.5) is 4.39 Å². The standard InChI is InChI=1S/C21H25FN2O.ClH/c1-14-10-17-12-19(22)13-18(21(17)25-14)11-16-8-5-9-24(23)20(16)15-6-3-2-4-7-15;/h2-4,6-7,12-14,16,20H,5,8-11,23H2,1H3;1H/t14?,16-,20+;/m0./s1. The summed E-state index contributed by atoms with van der Waals surface area (Å²) in [6.45, 7) is 2.93. The Hall–Kier alpha value is -1.62. The largest absolute Gasteiger partial charge is 0.490 e. The second-order valence-corrected chi connectivity index (χ2v) is 7.39. The maximum Gasteiger partial charge on any atom is 0.126 e. The predicted molar refractivity (Wildman–Crippen MR) is 104 cm³/mol. The van der Waals surface area contributed by atoms with Crippen LogP contribution in [-0.4, -0.2) is 17.7 Å². The van der Waals surface area contributed by atoms with E-state index in [-0.39, 0.29) is 30.4 Å². The van der Waals surface area contributed by atoms with Crippen molar-refractivity contribution in [1.29, 1.82) is 0 Å². The van der Waals surface area contributed by atoms with E-state index in [4.69, 9.17) is 10.6 Å². The van der Waals surface area contributed by atoms with Gasteiger partial charge in [-0.3, -0.25) is 5.84 Å². The van der Waals surface area contributed by atoms with Gasteiger partial charge in [0, 0.05) is 18.5 Å². The number of benzene rings is 2. The fourth-order valence-corrected chi connectivity index (χ4v) is 4.43. The molecule has 2 heterocycles. The van der Waals surface area contributed by atoms with Crippen LogP contribution in [-0.2, 0) is 12.8 Å². The number of hydrogen-bond donors (Lipinski definition) is 1. The van der Waals surface area contributed by atoms with Gasteiger partial charge in [-0.2, -0.15) is 0 Å². The number of piperidine rings is 1. The number of ether oxygens (including phenoxy) is 1. The molecule has 0 radical (unpaired) electrons. The first-order valence-electron chi connectivity index (χ1n) is 9.16. The fourth-order valence-electron chi connectivity index (χ4n) is 4.43.